The summed E-state index contributed by atoms with van der Waals surface area (Å²) in [6.07, 6.45) is 1.29. The van der Waals surface area contributed by atoms with Crippen molar-refractivity contribution in [1.82, 2.24) is 5.32 Å². The van der Waals surface area contributed by atoms with E-state index in [4.69, 9.17) is 0 Å². The summed E-state index contributed by atoms with van der Waals surface area (Å²) in [7, 11) is 0. The highest BCUT2D eigenvalue weighted by Gasteiger charge is 2.23. The smallest absolute Gasteiger partial charge is 0.246 e. The van der Waals surface area contributed by atoms with E-state index in [-0.39, 0.29) is 18.4 Å². The summed E-state index contributed by atoms with van der Waals surface area (Å²) >= 11 is 0. The summed E-state index contributed by atoms with van der Waals surface area (Å²) in [6, 6.07) is 15.7. The highest BCUT2D eigenvalue weighted by atomic mass is 16.2. The topological polar surface area (TPSA) is 61.4 Å². The summed E-state index contributed by atoms with van der Waals surface area (Å²) in [6.45, 7) is 3.54. The van der Waals surface area contributed by atoms with Crippen LogP contribution in [0.25, 0.3) is 0 Å². The number of hydrogen-bond donors (Lipinski definition) is 2. The van der Waals surface area contributed by atoms with E-state index in [0.717, 1.165) is 29.9 Å². The molecule has 0 spiro atoms. The molecule has 0 aromatic heterocycles. The molecule has 2 amide bonds. The van der Waals surface area contributed by atoms with Crippen LogP contribution in [0.5, 0.6) is 0 Å². The van der Waals surface area contributed by atoms with Gasteiger partial charge in [0.25, 0.3) is 0 Å². The van der Waals surface area contributed by atoms with Gasteiger partial charge >= 0.3 is 0 Å². The Labute approximate surface area is 148 Å². The summed E-state index contributed by atoms with van der Waals surface area (Å²) in [5, 5.41) is 5.95. The fraction of sp³-hybridized carbons (Fsp3) is 0.300. The molecule has 130 valence electrons. The monoisotopic (exact) mass is 337 g/mol. The van der Waals surface area contributed by atoms with Crippen molar-refractivity contribution in [1.29, 1.82) is 0 Å². The van der Waals surface area contributed by atoms with Crippen LogP contribution >= 0.6 is 0 Å². The molecule has 1 heterocycles. The van der Waals surface area contributed by atoms with Crippen LogP contribution < -0.4 is 15.5 Å². The second kappa shape index (κ2) is 7.83. The zero-order valence-electron chi connectivity index (χ0n) is 14.4. The minimum absolute atomic E-state index is 0.0195. The molecule has 2 N–H and O–H groups in total. The normalized spacial score (nSPS) is 12.6. The average molecular weight is 337 g/mol. The number of anilines is 2. The fourth-order valence-electron chi connectivity index (χ4n) is 3.06. The van der Waals surface area contributed by atoms with E-state index in [1.807, 2.05) is 54.3 Å². The third-order valence-electron chi connectivity index (χ3n) is 4.32. The van der Waals surface area contributed by atoms with Gasteiger partial charge in [0.05, 0.1) is 13.0 Å². The van der Waals surface area contributed by atoms with Gasteiger partial charge in [-0.05, 0) is 42.7 Å². The van der Waals surface area contributed by atoms with Crippen molar-refractivity contribution in [3.63, 3.8) is 0 Å². The van der Waals surface area contributed by atoms with Crippen molar-refractivity contribution in [2.24, 2.45) is 0 Å². The van der Waals surface area contributed by atoms with Crippen molar-refractivity contribution in [2.75, 3.05) is 29.9 Å². The molecule has 0 aliphatic carbocycles. The lowest BCUT2D eigenvalue weighted by molar-refractivity contribution is -0.120. The quantitative estimate of drug-likeness (QED) is 0.851. The Kier molecular flexibility index (Phi) is 5.33. The molecule has 0 radical (unpaired) electrons. The molecular weight excluding hydrogens is 314 g/mol. The van der Waals surface area contributed by atoms with Crippen molar-refractivity contribution < 1.29 is 9.59 Å². The molecule has 1 aliphatic rings. The van der Waals surface area contributed by atoms with Crippen LogP contribution in [0.3, 0.4) is 0 Å². The Balaban J connectivity index is 1.54. The number of fused-ring (bicyclic) bond motifs is 1. The molecule has 0 bridgehead atoms. The summed E-state index contributed by atoms with van der Waals surface area (Å²) in [5.74, 6) is 0.0856. The molecule has 0 saturated heterocycles. The highest BCUT2D eigenvalue weighted by Crippen LogP contribution is 2.27. The van der Waals surface area contributed by atoms with E-state index in [1.165, 1.54) is 5.56 Å². The van der Waals surface area contributed by atoms with E-state index in [0.29, 0.717) is 13.0 Å². The summed E-state index contributed by atoms with van der Waals surface area (Å²) < 4.78 is 0. The van der Waals surface area contributed by atoms with E-state index >= 15 is 0 Å². The first-order valence-corrected chi connectivity index (χ1v) is 8.65. The fourth-order valence-corrected chi connectivity index (χ4v) is 3.06. The van der Waals surface area contributed by atoms with Gasteiger partial charge in [-0.15, -0.1) is 0 Å². The van der Waals surface area contributed by atoms with E-state index in [1.54, 1.807) is 0 Å². The Morgan fingerprint density at radius 2 is 1.84 bits per heavy atom. The van der Waals surface area contributed by atoms with Gasteiger partial charge in [0.1, 0.15) is 0 Å². The van der Waals surface area contributed by atoms with Crippen molar-refractivity contribution in [3.05, 3.63) is 59.7 Å². The maximum absolute atomic E-state index is 12.5. The van der Waals surface area contributed by atoms with Crippen LogP contribution in [0.4, 0.5) is 11.4 Å². The molecule has 2 aromatic rings. The van der Waals surface area contributed by atoms with Gasteiger partial charge in [-0.1, -0.05) is 30.3 Å². The molecule has 5 nitrogen and oxygen atoms in total. The molecule has 2 aromatic carbocycles. The molecule has 0 fully saturated rings. The number of hydrogen-bond acceptors (Lipinski definition) is 3. The number of nitrogens with zero attached hydrogens (tertiary/aromatic N) is 1. The zero-order chi connectivity index (χ0) is 17.6. The number of benzene rings is 2. The third-order valence-corrected chi connectivity index (χ3v) is 4.32. The Hall–Kier alpha value is -2.82. The number of rotatable bonds is 6. The summed E-state index contributed by atoms with van der Waals surface area (Å²) in [5.41, 5.74) is 4.08. The van der Waals surface area contributed by atoms with Gasteiger partial charge < -0.3 is 15.5 Å². The van der Waals surface area contributed by atoms with Gasteiger partial charge in [-0.3, -0.25) is 9.59 Å². The molecule has 25 heavy (non-hydrogen) atoms. The Morgan fingerprint density at radius 3 is 2.60 bits per heavy atom. The lowest BCUT2D eigenvalue weighted by Gasteiger charge is -2.18. The molecule has 0 unspecified atom stereocenters. The van der Waals surface area contributed by atoms with Crippen molar-refractivity contribution in [3.8, 4) is 0 Å². The lowest BCUT2D eigenvalue weighted by atomic mass is 10.1. The van der Waals surface area contributed by atoms with E-state index in [2.05, 4.69) is 16.7 Å². The minimum Gasteiger partial charge on any atom is -0.376 e. The first-order valence-electron chi connectivity index (χ1n) is 8.65. The molecular formula is C20H23N3O2. The Bertz CT molecular complexity index is 756. The predicted octanol–water partition coefficient (Wildman–Crippen LogP) is 2.37. The standard InChI is InChI=1S/C20H23N3O2/c1-2-21-19(24)13-15-7-9-17(10-8-15)22-14-20(25)23-12-11-16-5-3-4-6-18(16)23/h3-10,22H,2,11-14H2,1H3,(H,21,24). The molecule has 3 rings (SSSR count). The van der Waals surface area contributed by atoms with Crippen molar-refractivity contribution in [2.45, 2.75) is 19.8 Å². The van der Waals surface area contributed by atoms with Gasteiger partial charge in [0.15, 0.2) is 0 Å². The summed E-state index contributed by atoms with van der Waals surface area (Å²) in [4.78, 5) is 25.9. The zero-order valence-corrected chi connectivity index (χ0v) is 14.4. The predicted molar refractivity (Wildman–Crippen MR) is 99.8 cm³/mol. The maximum Gasteiger partial charge on any atom is 0.246 e. The van der Waals surface area contributed by atoms with Crippen LogP contribution in [-0.2, 0) is 22.4 Å². The first-order chi connectivity index (χ1) is 12.2. The average Bonchev–Trinajstić information content (AvgIpc) is 3.05. The highest BCUT2D eigenvalue weighted by molar-refractivity contribution is 5.98. The second-order valence-electron chi connectivity index (χ2n) is 6.10. The lowest BCUT2D eigenvalue weighted by Crippen LogP contribution is -2.34. The van der Waals surface area contributed by atoms with E-state index in [9.17, 15) is 9.59 Å². The number of likely N-dealkylation sites (N-methyl/N-ethyl adjacent to an activating group) is 1. The van der Waals surface area contributed by atoms with E-state index < -0.39 is 0 Å². The second-order valence-corrected chi connectivity index (χ2v) is 6.10. The Morgan fingerprint density at radius 1 is 1.08 bits per heavy atom. The van der Waals surface area contributed by atoms with Gasteiger partial charge in [0, 0.05) is 24.5 Å². The number of amides is 2. The number of carbonyl (C=O) groups is 2. The SMILES string of the molecule is CCNC(=O)Cc1ccc(NCC(=O)N2CCc3ccccc32)cc1. The van der Waals surface area contributed by atoms with Gasteiger partial charge in [-0.25, -0.2) is 0 Å². The molecule has 0 saturated carbocycles. The van der Waals surface area contributed by atoms with Crippen LogP contribution in [0, 0.1) is 0 Å². The van der Waals surface area contributed by atoms with Crippen LogP contribution in [-0.4, -0.2) is 31.4 Å². The molecule has 1 aliphatic heterocycles. The first kappa shape index (κ1) is 17.0. The minimum atomic E-state index is 0.0195. The van der Waals surface area contributed by atoms with Crippen LogP contribution in [0.15, 0.2) is 48.5 Å². The third kappa shape index (κ3) is 4.18. The molecule has 0 atom stereocenters. The number of nitrogens with one attached hydrogen (secondary N) is 2. The number of para-hydroxylation sites is 1. The van der Waals surface area contributed by atoms with Crippen LogP contribution in [0.1, 0.15) is 18.1 Å². The maximum atomic E-state index is 12.5. The largest absolute Gasteiger partial charge is 0.376 e. The van der Waals surface area contributed by atoms with Crippen LogP contribution in [0.2, 0.25) is 0 Å². The molecule has 5 heteroatoms. The van der Waals surface area contributed by atoms with Gasteiger partial charge in [-0.2, -0.15) is 0 Å². The number of carbonyl (C=O) groups excluding carboxylic acids is 2. The van der Waals surface area contributed by atoms with Crippen molar-refractivity contribution >= 4 is 23.2 Å². The van der Waals surface area contributed by atoms with Gasteiger partial charge in [0.2, 0.25) is 11.8 Å².